The Hall–Kier alpha value is -2.03. The number of rotatable bonds is 5. The Bertz CT molecular complexity index is 1140. The average molecular weight is 454 g/mol. The molecule has 0 amide bonds. The van der Waals surface area contributed by atoms with Gasteiger partial charge in [0.2, 0.25) is 0 Å². The fourth-order valence-electron chi connectivity index (χ4n) is 2.84. The third-order valence-corrected chi connectivity index (χ3v) is 5.83. The first kappa shape index (κ1) is 19.7. The largest absolute Gasteiger partial charge is 0.346 e. The van der Waals surface area contributed by atoms with Gasteiger partial charge in [0.1, 0.15) is 5.78 Å². The second-order valence-electron chi connectivity index (χ2n) is 6.11. The number of hydrogen-bond donors (Lipinski definition) is 5. The summed E-state index contributed by atoms with van der Waals surface area (Å²) in [6.45, 7) is 1.78. The zero-order valence-electron chi connectivity index (χ0n) is 14.1. The Morgan fingerprint density at radius 3 is 2.30 bits per heavy atom. The molecule has 0 spiro atoms. The topological polar surface area (TPSA) is 135 Å². The number of hydrogen-bond acceptors (Lipinski definition) is 4. The molecule has 0 aliphatic heterocycles. The number of aromatic nitrogens is 2. The summed E-state index contributed by atoms with van der Waals surface area (Å²) in [5.41, 5.74) is -0.236. The molecule has 142 valence electrons. The molecule has 1 aromatic heterocycles. The van der Waals surface area contributed by atoms with Crippen LogP contribution in [0.2, 0.25) is 0 Å². The van der Waals surface area contributed by atoms with E-state index in [0.29, 0.717) is 0 Å². The number of aromatic amines is 2. The Morgan fingerprint density at radius 1 is 1.04 bits per heavy atom. The fourth-order valence-corrected chi connectivity index (χ4v) is 4.10. The molecule has 0 bridgehead atoms. The molecule has 0 saturated carbocycles. The van der Waals surface area contributed by atoms with E-state index in [9.17, 15) is 23.9 Å². The normalized spacial score (nSPS) is 14.2. The molecule has 0 aliphatic carbocycles. The number of benzene rings is 2. The first-order valence-electron chi connectivity index (χ1n) is 7.99. The van der Waals surface area contributed by atoms with E-state index < -0.39 is 24.5 Å². The van der Waals surface area contributed by atoms with Gasteiger partial charge in [-0.15, -0.1) is 0 Å². The van der Waals surface area contributed by atoms with Crippen molar-refractivity contribution in [2.24, 2.45) is 0 Å². The minimum atomic E-state index is -4.65. The van der Waals surface area contributed by atoms with Crippen molar-refractivity contribution in [1.82, 2.24) is 15.3 Å². The van der Waals surface area contributed by atoms with Gasteiger partial charge in [-0.3, -0.25) is 19.5 Å². The molecule has 3 aromatic rings. The van der Waals surface area contributed by atoms with Gasteiger partial charge in [0.15, 0.2) is 0 Å². The minimum Gasteiger partial charge on any atom is -0.323 e. The monoisotopic (exact) mass is 453 g/mol. The van der Waals surface area contributed by atoms with Gasteiger partial charge in [-0.05, 0) is 30.7 Å². The number of H-pyrrole nitrogens is 2. The van der Waals surface area contributed by atoms with Crippen LogP contribution in [0, 0.1) is 0 Å². The quantitative estimate of drug-likeness (QED) is 0.297. The van der Waals surface area contributed by atoms with Crippen molar-refractivity contribution in [2.75, 3.05) is 0 Å². The van der Waals surface area contributed by atoms with Crippen LogP contribution >= 0.6 is 23.5 Å². The Balaban J connectivity index is 2.09. The van der Waals surface area contributed by atoms with E-state index in [1.165, 1.54) is 6.07 Å². The predicted octanol–water partition coefficient (Wildman–Crippen LogP) is 2.51. The van der Waals surface area contributed by atoms with E-state index in [1.807, 2.05) is 24.3 Å². The van der Waals surface area contributed by atoms with Crippen molar-refractivity contribution >= 4 is 34.6 Å². The molecular weight excluding hydrogens is 437 g/mol. The maximum absolute atomic E-state index is 12.2. The summed E-state index contributed by atoms with van der Waals surface area (Å²) in [6, 6.07) is 11.6. The van der Waals surface area contributed by atoms with Crippen molar-refractivity contribution in [2.45, 2.75) is 18.7 Å². The van der Waals surface area contributed by atoms with Crippen LogP contribution in [0.15, 0.2) is 56.5 Å². The molecule has 5 N–H and O–H groups in total. The Kier molecular flexibility index (Phi) is 5.50. The summed E-state index contributed by atoms with van der Waals surface area (Å²) in [5, 5.41) is 2.94. The molecule has 1 heterocycles. The van der Waals surface area contributed by atoms with Crippen LogP contribution in [-0.2, 0) is 4.57 Å². The van der Waals surface area contributed by atoms with Gasteiger partial charge in [0.25, 0.3) is 0 Å². The summed E-state index contributed by atoms with van der Waals surface area (Å²) < 4.78 is 13.1. The average Bonchev–Trinajstić information content (AvgIpc) is 2.60. The second-order valence-corrected chi connectivity index (χ2v) is 8.72. The van der Waals surface area contributed by atoms with Crippen molar-refractivity contribution in [3.63, 3.8) is 0 Å². The zero-order chi connectivity index (χ0) is 19.8. The highest BCUT2D eigenvalue weighted by atomic mass is 79.9. The maximum atomic E-state index is 12.2. The van der Waals surface area contributed by atoms with Crippen LogP contribution < -0.4 is 16.4 Å². The number of halogens is 1. The van der Waals surface area contributed by atoms with Crippen molar-refractivity contribution in [3.05, 3.63) is 78.8 Å². The lowest BCUT2D eigenvalue weighted by Crippen LogP contribution is -2.30. The van der Waals surface area contributed by atoms with E-state index in [-0.39, 0.29) is 22.6 Å². The SMILES string of the molecule is C[C@@H](NC(c1cccc2[nH]c(=O)c(=O)[nH]c12)P(=O)(O)O)c1ccc(Br)cc1. The zero-order valence-corrected chi connectivity index (χ0v) is 16.6. The van der Waals surface area contributed by atoms with Crippen molar-refractivity contribution in [3.8, 4) is 0 Å². The molecule has 0 radical (unpaired) electrons. The molecule has 2 atom stereocenters. The molecule has 0 fully saturated rings. The van der Waals surface area contributed by atoms with Crippen molar-refractivity contribution in [1.29, 1.82) is 0 Å². The van der Waals surface area contributed by atoms with Gasteiger partial charge in [0, 0.05) is 16.1 Å². The lowest BCUT2D eigenvalue weighted by molar-refractivity contribution is 0.341. The summed E-state index contributed by atoms with van der Waals surface area (Å²) in [4.78, 5) is 47.9. The van der Waals surface area contributed by atoms with Gasteiger partial charge < -0.3 is 19.8 Å². The molecule has 10 heteroatoms. The Morgan fingerprint density at radius 2 is 1.67 bits per heavy atom. The number of fused-ring (bicyclic) bond motifs is 1. The van der Waals surface area contributed by atoms with Crippen LogP contribution in [-0.4, -0.2) is 19.8 Å². The molecule has 2 aromatic carbocycles. The van der Waals surface area contributed by atoms with Gasteiger partial charge in [-0.1, -0.05) is 40.2 Å². The third kappa shape index (κ3) is 4.28. The smallest absolute Gasteiger partial charge is 0.323 e. The summed E-state index contributed by atoms with van der Waals surface area (Å²) in [7, 11) is -4.65. The summed E-state index contributed by atoms with van der Waals surface area (Å²) in [5.74, 6) is -1.37. The maximum Gasteiger partial charge on any atom is 0.346 e. The minimum absolute atomic E-state index is 0.172. The van der Waals surface area contributed by atoms with Crippen LogP contribution in [0.4, 0.5) is 0 Å². The fraction of sp³-hybridized carbons (Fsp3) is 0.176. The highest BCUT2D eigenvalue weighted by molar-refractivity contribution is 9.10. The van der Waals surface area contributed by atoms with E-state index in [2.05, 4.69) is 31.2 Å². The highest BCUT2D eigenvalue weighted by Gasteiger charge is 2.33. The standard InChI is InChI=1S/C17H17BrN3O5P/c1-9(10-5-7-11(18)8-6-10)19-17(27(24,25)26)12-3-2-4-13-14(12)21-16(23)15(22)20-13/h2-9,17,19H,1H3,(H,20,22)(H,21,23)(H2,24,25,26)/t9-,17?/m1/s1. The molecule has 27 heavy (non-hydrogen) atoms. The van der Waals surface area contributed by atoms with E-state index in [0.717, 1.165) is 10.0 Å². The summed E-state index contributed by atoms with van der Waals surface area (Å²) in [6.07, 6.45) is 0. The lowest BCUT2D eigenvalue weighted by atomic mass is 10.1. The molecule has 8 nitrogen and oxygen atoms in total. The van der Waals surface area contributed by atoms with Gasteiger partial charge in [-0.2, -0.15) is 0 Å². The van der Waals surface area contributed by atoms with E-state index in [4.69, 9.17) is 0 Å². The predicted molar refractivity (Wildman–Crippen MR) is 106 cm³/mol. The van der Waals surface area contributed by atoms with Crippen LogP contribution in [0.3, 0.4) is 0 Å². The number of para-hydroxylation sites is 1. The van der Waals surface area contributed by atoms with Crippen molar-refractivity contribution < 1.29 is 14.4 Å². The van der Waals surface area contributed by atoms with Gasteiger partial charge in [0.05, 0.1) is 11.0 Å². The molecular formula is C17H17BrN3O5P. The van der Waals surface area contributed by atoms with E-state index in [1.54, 1.807) is 19.1 Å². The highest BCUT2D eigenvalue weighted by Crippen LogP contribution is 2.51. The second kappa shape index (κ2) is 7.53. The summed E-state index contributed by atoms with van der Waals surface area (Å²) >= 11 is 3.35. The first-order chi connectivity index (χ1) is 12.7. The molecule has 0 aliphatic rings. The van der Waals surface area contributed by atoms with Gasteiger partial charge >= 0.3 is 18.7 Å². The number of nitrogens with one attached hydrogen (secondary N) is 3. The first-order valence-corrected chi connectivity index (χ1v) is 10.5. The van der Waals surface area contributed by atoms with Gasteiger partial charge in [-0.25, -0.2) is 0 Å². The molecule has 1 unspecified atom stereocenters. The lowest BCUT2D eigenvalue weighted by Gasteiger charge is -2.25. The molecule has 3 rings (SSSR count). The van der Waals surface area contributed by atoms with Crippen LogP contribution in [0.25, 0.3) is 11.0 Å². The van der Waals surface area contributed by atoms with Crippen LogP contribution in [0.1, 0.15) is 29.9 Å². The molecule has 0 saturated heterocycles. The Labute approximate surface area is 161 Å². The van der Waals surface area contributed by atoms with E-state index >= 15 is 0 Å². The third-order valence-electron chi connectivity index (χ3n) is 4.20. The van der Waals surface area contributed by atoms with Crippen LogP contribution in [0.5, 0.6) is 0 Å².